The molecule has 0 fully saturated rings. The lowest BCUT2D eigenvalue weighted by Crippen LogP contribution is -2.17. The highest BCUT2D eigenvalue weighted by Crippen LogP contribution is 2.38. The number of aromatic nitrogens is 3. The lowest BCUT2D eigenvalue weighted by Gasteiger charge is -2.22. The van der Waals surface area contributed by atoms with Crippen LogP contribution in [0.15, 0.2) is 88.3 Å². The Balaban J connectivity index is 1.26. The van der Waals surface area contributed by atoms with Crippen molar-refractivity contribution in [3.8, 4) is 11.4 Å². The predicted octanol–water partition coefficient (Wildman–Crippen LogP) is 6.47. The molecule has 10 nitrogen and oxygen atoms in total. The fourth-order valence-corrected chi connectivity index (χ4v) is 4.46. The van der Waals surface area contributed by atoms with Gasteiger partial charge in [-0.15, -0.1) is 23.4 Å². The Kier molecular flexibility index (Phi) is 7.02. The molecule has 3 aromatic rings. The number of allylic oxidation sites excluding steroid dienone is 5. The van der Waals surface area contributed by atoms with Crippen molar-refractivity contribution in [3.63, 3.8) is 0 Å². The van der Waals surface area contributed by atoms with Gasteiger partial charge in [-0.25, -0.2) is 4.68 Å². The monoisotopic (exact) mass is 553 g/mol. The molecule has 0 unspecified atom stereocenters. The number of nitrogens with one attached hydrogen (secondary N) is 1. The van der Waals surface area contributed by atoms with Gasteiger partial charge in [-0.3, -0.25) is 10.1 Å². The van der Waals surface area contributed by atoms with E-state index >= 15 is 0 Å². The van der Waals surface area contributed by atoms with Gasteiger partial charge in [0.15, 0.2) is 0 Å². The molecule has 0 atom stereocenters. The molecule has 2 aliphatic carbocycles. The molecule has 0 saturated carbocycles. The third kappa shape index (κ3) is 5.90. The minimum Gasteiger partial charge on any atom is -0.406 e. The Morgan fingerprint density at radius 3 is 2.67 bits per heavy atom. The van der Waals surface area contributed by atoms with Gasteiger partial charge in [-0.2, -0.15) is 5.11 Å². The average Bonchev–Trinajstić information content (AvgIpc) is 3.33. The van der Waals surface area contributed by atoms with E-state index in [9.17, 15) is 23.3 Å². The molecule has 0 amide bonds. The van der Waals surface area contributed by atoms with E-state index in [0.717, 1.165) is 34.5 Å². The van der Waals surface area contributed by atoms with E-state index in [1.165, 1.54) is 36.4 Å². The van der Waals surface area contributed by atoms with Crippen LogP contribution in [0.25, 0.3) is 11.3 Å². The Bertz CT molecular complexity index is 1570. The Morgan fingerprint density at radius 1 is 1.15 bits per heavy atom. The molecule has 2 aromatic carbocycles. The Labute approximate surface area is 224 Å². The van der Waals surface area contributed by atoms with Crippen LogP contribution >= 0.6 is 12.2 Å². The number of benzene rings is 2. The number of fused-ring (bicyclic) bond motifs is 2. The molecule has 0 bridgehead atoms. The summed E-state index contributed by atoms with van der Waals surface area (Å²) in [5.74, 6) is -0.310. The summed E-state index contributed by atoms with van der Waals surface area (Å²) < 4.78 is 42.9. The smallest absolute Gasteiger partial charge is 0.406 e. The van der Waals surface area contributed by atoms with Crippen LogP contribution in [0.2, 0.25) is 0 Å². The van der Waals surface area contributed by atoms with Crippen LogP contribution in [0.3, 0.4) is 0 Å². The zero-order valence-corrected chi connectivity index (χ0v) is 20.7. The average molecular weight is 554 g/mol. The number of nitro benzene ring substituents is 1. The molecule has 0 radical (unpaired) electrons. The van der Waals surface area contributed by atoms with Gasteiger partial charge in [0.1, 0.15) is 17.1 Å². The van der Waals surface area contributed by atoms with Crippen LogP contribution in [0.1, 0.15) is 24.2 Å². The molecule has 5 rings (SSSR count). The van der Waals surface area contributed by atoms with Crippen LogP contribution < -0.4 is 10.1 Å². The van der Waals surface area contributed by atoms with Gasteiger partial charge in [0.25, 0.3) is 5.69 Å². The summed E-state index contributed by atoms with van der Waals surface area (Å²) in [7, 11) is 0. The first-order valence-electron chi connectivity index (χ1n) is 11.5. The van der Waals surface area contributed by atoms with Gasteiger partial charge in [0, 0.05) is 11.6 Å². The van der Waals surface area contributed by atoms with Crippen molar-refractivity contribution in [1.82, 2.24) is 15.0 Å². The second kappa shape index (κ2) is 10.6. The molecular formula is C25H18F3N7O3S. The predicted molar refractivity (Wildman–Crippen MR) is 139 cm³/mol. The summed E-state index contributed by atoms with van der Waals surface area (Å²) in [5.41, 5.74) is 5.25. The molecule has 0 aliphatic heterocycles. The number of para-hydroxylation sites is 2. The van der Waals surface area contributed by atoms with E-state index in [2.05, 4.69) is 30.6 Å². The second-order valence-corrected chi connectivity index (χ2v) is 8.88. The lowest BCUT2D eigenvalue weighted by atomic mass is 9.84. The number of nitrogens with zero attached hydrogens (tertiary/aromatic N) is 6. The van der Waals surface area contributed by atoms with Gasteiger partial charge >= 0.3 is 6.36 Å². The minimum atomic E-state index is -4.76. The summed E-state index contributed by atoms with van der Waals surface area (Å²) in [4.78, 5) is 10.6. The molecule has 198 valence electrons. The fraction of sp³-hybridized carbons (Fsp3) is 0.160. The van der Waals surface area contributed by atoms with Gasteiger partial charge in [0.05, 0.1) is 22.5 Å². The summed E-state index contributed by atoms with van der Waals surface area (Å²) >= 11 is 5.13. The topological polar surface area (TPSA) is 120 Å². The minimum absolute atomic E-state index is 0.0160. The highest BCUT2D eigenvalue weighted by Gasteiger charge is 2.31. The number of hydrogen-bond donors (Lipinski definition) is 1. The fourth-order valence-electron chi connectivity index (χ4n) is 4.30. The van der Waals surface area contributed by atoms with Crippen molar-refractivity contribution in [2.45, 2.75) is 25.6 Å². The van der Waals surface area contributed by atoms with E-state index in [1.807, 2.05) is 12.2 Å². The first kappa shape index (κ1) is 25.9. The van der Waals surface area contributed by atoms with Gasteiger partial charge in [-0.05, 0) is 67.4 Å². The van der Waals surface area contributed by atoms with Crippen molar-refractivity contribution in [2.24, 2.45) is 10.2 Å². The van der Waals surface area contributed by atoms with Crippen LogP contribution in [-0.4, -0.2) is 31.4 Å². The first-order chi connectivity index (χ1) is 18.7. The normalized spacial score (nSPS) is 15.8. The molecule has 39 heavy (non-hydrogen) atoms. The van der Waals surface area contributed by atoms with E-state index < -0.39 is 11.3 Å². The third-order valence-corrected chi connectivity index (χ3v) is 6.16. The second-order valence-electron chi connectivity index (χ2n) is 8.49. The van der Waals surface area contributed by atoms with Crippen molar-refractivity contribution in [2.75, 3.05) is 5.32 Å². The number of anilines is 1. The molecule has 0 spiro atoms. The standard InChI is InChI=1S/C25H18F3N7O3S/c26-25(27,28)38-18-9-7-17(8-10-18)34-22-12-6-16-13-15(5-11-19(16)23(22)31-33-34)14-29-32-24(39)30-20-3-1-2-4-21(20)35(36)37/h1-5,7-11,14H,6,12-13H2,(H,30,39). The quantitative estimate of drug-likeness (QED) is 0.166. The number of azo groups is 1. The van der Waals surface area contributed by atoms with E-state index in [4.69, 9.17) is 12.2 Å². The Hall–Kier alpha value is -4.72. The van der Waals surface area contributed by atoms with Crippen molar-refractivity contribution in [1.29, 1.82) is 0 Å². The largest absolute Gasteiger partial charge is 0.573 e. The highest BCUT2D eigenvalue weighted by atomic mass is 32.1. The summed E-state index contributed by atoms with van der Waals surface area (Å²) in [6.45, 7) is 0. The molecule has 1 N–H and O–H groups in total. The van der Waals surface area contributed by atoms with E-state index in [0.29, 0.717) is 18.5 Å². The van der Waals surface area contributed by atoms with Gasteiger partial charge in [0.2, 0.25) is 5.11 Å². The van der Waals surface area contributed by atoms with Crippen molar-refractivity contribution in [3.05, 3.63) is 99.5 Å². The maximum Gasteiger partial charge on any atom is 0.573 e. The SMILES string of the molecule is O=[N+]([O-])c1ccccc1NC(=S)N=NC=C1C=CC2=C(CCc3c2nnn3-c2ccc(OC(F)(F)F)cc2)C1. The molecule has 14 heteroatoms. The molecule has 0 saturated heterocycles. The molecule has 1 aromatic heterocycles. The number of rotatable bonds is 5. The van der Waals surface area contributed by atoms with E-state index in [-0.39, 0.29) is 22.2 Å². The highest BCUT2D eigenvalue weighted by molar-refractivity contribution is 7.80. The third-order valence-electron chi connectivity index (χ3n) is 5.97. The number of ether oxygens (including phenoxy) is 1. The molecule has 2 aliphatic rings. The van der Waals surface area contributed by atoms with Gasteiger partial charge < -0.3 is 10.1 Å². The first-order valence-corrected chi connectivity index (χ1v) is 11.9. The number of nitro groups is 1. The Morgan fingerprint density at radius 2 is 1.92 bits per heavy atom. The van der Waals surface area contributed by atoms with E-state index in [1.54, 1.807) is 23.0 Å². The van der Waals surface area contributed by atoms with Crippen LogP contribution in [0.5, 0.6) is 5.75 Å². The molecular weight excluding hydrogens is 535 g/mol. The lowest BCUT2D eigenvalue weighted by molar-refractivity contribution is -0.383. The summed E-state index contributed by atoms with van der Waals surface area (Å²) in [6, 6.07) is 11.6. The van der Waals surface area contributed by atoms with Crippen LogP contribution in [0.4, 0.5) is 24.5 Å². The maximum atomic E-state index is 12.4. The van der Waals surface area contributed by atoms with Gasteiger partial charge in [-0.1, -0.05) is 35.1 Å². The zero-order chi connectivity index (χ0) is 27.6. The summed E-state index contributed by atoms with van der Waals surface area (Å²) in [6.07, 6.45) is 2.62. The number of halogens is 3. The number of hydrogen-bond acceptors (Lipinski definition) is 7. The molecule has 1 heterocycles. The zero-order valence-electron chi connectivity index (χ0n) is 19.9. The number of thiocarbonyl (C=S) groups is 1. The maximum absolute atomic E-state index is 12.4. The van der Waals surface area contributed by atoms with Crippen molar-refractivity contribution >= 4 is 34.3 Å². The summed E-state index contributed by atoms with van der Waals surface area (Å²) in [5, 5.41) is 30.3. The van der Waals surface area contributed by atoms with Crippen LogP contribution in [0, 0.1) is 10.1 Å². The number of alkyl halides is 3. The van der Waals surface area contributed by atoms with Crippen molar-refractivity contribution < 1.29 is 22.8 Å². The van der Waals surface area contributed by atoms with Crippen LogP contribution in [-0.2, 0) is 6.42 Å².